The van der Waals surface area contributed by atoms with Gasteiger partial charge in [-0.3, -0.25) is 14.4 Å². The Kier molecular flexibility index (Phi) is 8.09. The first-order valence-corrected chi connectivity index (χ1v) is 10.9. The van der Waals surface area contributed by atoms with Crippen molar-refractivity contribution in [3.05, 3.63) is 99.5 Å². The van der Waals surface area contributed by atoms with Crippen LogP contribution in [0.5, 0.6) is 0 Å². The molecule has 0 aliphatic rings. The third-order valence-electron chi connectivity index (χ3n) is 5.18. The van der Waals surface area contributed by atoms with Gasteiger partial charge in [-0.05, 0) is 35.9 Å². The van der Waals surface area contributed by atoms with Crippen LogP contribution in [0.4, 0.5) is 5.69 Å². The molecule has 0 unspecified atom stereocenters. The predicted octanol–water partition coefficient (Wildman–Crippen LogP) is 3.87. The second-order valence-electron chi connectivity index (χ2n) is 7.47. The molecule has 3 aromatic rings. The highest BCUT2D eigenvalue weighted by molar-refractivity contribution is 6.35. The van der Waals surface area contributed by atoms with E-state index in [2.05, 4.69) is 5.32 Å². The van der Waals surface area contributed by atoms with E-state index in [1.165, 1.54) is 0 Å². The fourth-order valence-corrected chi connectivity index (χ4v) is 3.88. The third kappa shape index (κ3) is 6.12. The minimum Gasteiger partial charge on any atom is -0.368 e. The number of rotatable bonds is 9. The zero-order valence-electron chi connectivity index (χ0n) is 17.9. The Morgan fingerprint density at radius 3 is 2.27 bits per heavy atom. The Labute approximate surface area is 202 Å². The molecule has 170 valence electrons. The molecule has 0 bridgehead atoms. The lowest BCUT2D eigenvalue weighted by atomic mass is 9.98. The Bertz CT molecular complexity index is 1170. The van der Waals surface area contributed by atoms with Crippen molar-refractivity contribution in [3.8, 4) is 0 Å². The summed E-state index contributed by atoms with van der Waals surface area (Å²) in [6.45, 7) is -0.288. The minimum absolute atomic E-state index is 0.288. The number of anilines is 1. The largest absolute Gasteiger partial charge is 0.368 e. The van der Waals surface area contributed by atoms with Crippen LogP contribution >= 0.6 is 23.2 Å². The molecule has 3 aromatic carbocycles. The lowest BCUT2D eigenvalue weighted by Gasteiger charge is -2.31. The highest BCUT2D eigenvalue weighted by atomic mass is 35.5. The summed E-state index contributed by atoms with van der Waals surface area (Å²) in [7, 11) is 1.71. The van der Waals surface area contributed by atoms with Gasteiger partial charge < -0.3 is 16.0 Å². The second-order valence-corrected chi connectivity index (χ2v) is 8.31. The number of ketones is 1. The first kappa shape index (κ1) is 24.3. The number of halogens is 2. The summed E-state index contributed by atoms with van der Waals surface area (Å²) in [4.78, 5) is 39.3. The van der Waals surface area contributed by atoms with Crippen LogP contribution in [0.25, 0.3) is 0 Å². The van der Waals surface area contributed by atoms with Gasteiger partial charge in [0, 0.05) is 35.3 Å². The average Bonchev–Trinajstić information content (AvgIpc) is 2.81. The van der Waals surface area contributed by atoms with Crippen molar-refractivity contribution in [2.45, 2.75) is 12.5 Å². The van der Waals surface area contributed by atoms with Crippen LogP contribution in [0.1, 0.15) is 21.5 Å². The number of amides is 2. The average molecular weight is 484 g/mol. The van der Waals surface area contributed by atoms with Crippen LogP contribution in [0.3, 0.4) is 0 Å². The van der Waals surface area contributed by atoms with Gasteiger partial charge in [0.15, 0.2) is 5.78 Å². The Morgan fingerprint density at radius 1 is 0.939 bits per heavy atom. The fraction of sp³-hybridized carbons (Fsp3) is 0.160. The van der Waals surface area contributed by atoms with Gasteiger partial charge in [-0.2, -0.15) is 0 Å². The van der Waals surface area contributed by atoms with Gasteiger partial charge in [-0.25, -0.2) is 0 Å². The van der Waals surface area contributed by atoms with Gasteiger partial charge in [0.1, 0.15) is 6.04 Å². The molecule has 1 atom stereocenters. The zero-order chi connectivity index (χ0) is 24.0. The molecule has 0 aromatic heterocycles. The molecule has 0 heterocycles. The lowest BCUT2D eigenvalue weighted by molar-refractivity contribution is -0.125. The summed E-state index contributed by atoms with van der Waals surface area (Å²) >= 11 is 12.5. The van der Waals surface area contributed by atoms with Gasteiger partial charge in [-0.1, -0.05) is 65.7 Å². The number of hydrogen-bond donors (Lipinski definition) is 2. The molecule has 0 saturated heterocycles. The lowest BCUT2D eigenvalue weighted by Crippen LogP contribution is -2.49. The maximum Gasteiger partial charge on any atom is 0.243 e. The summed E-state index contributed by atoms with van der Waals surface area (Å²) < 4.78 is 0. The number of carbonyl (C=O) groups excluding carboxylic acids is 3. The third-order valence-corrected chi connectivity index (χ3v) is 5.75. The Hall–Kier alpha value is -3.35. The van der Waals surface area contributed by atoms with Gasteiger partial charge in [0.25, 0.3) is 0 Å². The van der Waals surface area contributed by atoms with Gasteiger partial charge in [-0.15, -0.1) is 0 Å². The van der Waals surface area contributed by atoms with E-state index in [1.807, 2.05) is 30.3 Å². The Morgan fingerprint density at radius 2 is 1.61 bits per heavy atom. The highest BCUT2D eigenvalue weighted by Crippen LogP contribution is 2.30. The quantitative estimate of drug-likeness (QED) is 0.451. The van der Waals surface area contributed by atoms with Crippen molar-refractivity contribution >= 4 is 46.5 Å². The number of benzene rings is 3. The molecular formula is C25H23Cl2N3O3. The first-order chi connectivity index (χ1) is 15.8. The molecule has 0 fully saturated rings. The highest BCUT2D eigenvalue weighted by Gasteiger charge is 2.28. The second kappa shape index (κ2) is 11.0. The van der Waals surface area contributed by atoms with E-state index in [0.29, 0.717) is 33.3 Å². The van der Waals surface area contributed by atoms with E-state index < -0.39 is 17.9 Å². The van der Waals surface area contributed by atoms with Crippen LogP contribution in [0.2, 0.25) is 10.0 Å². The summed E-state index contributed by atoms with van der Waals surface area (Å²) in [6, 6.07) is 20.3. The van der Waals surface area contributed by atoms with Crippen LogP contribution in [-0.2, 0) is 16.0 Å². The maximum absolute atomic E-state index is 13.4. The number of nitrogens with two attached hydrogens (primary N) is 1. The van der Waals surface area contributed by atoms with E-state index >= 15 is 0 Å². The summed E-state index contributed by atoms with van der Waals surface area (Å²) in [5, 5.41) is 3.26. The van der Waals surface area contributed by atoms with E-state index in [4.69, 9.17) is 28.9 Å². The van der Waals surface area contributed by atoms with Crippen LogP contribution in [0.15, 0.2) is 72.8 Å². The molecule has 0 spiro atoms. The molecule has 2 amide bonds. The van der Waals surface area contributed by atoms with Gasteiger partial charge >= 0.3 is 0 Å². The van der Waals surface area contributed by atoms with Crippen molar-refractivity contribution in [2.75, 3.05) is 18.5 Å². The summed E-state index contributed by atoms with van der Waals surface area (Å²) in [5.74, 6) is -1.36. The van der Waals surface area contributed by atoms with Gasteiger partial charge in [0.05, 0.1) is 11.6 Å². The van der Waals surface area contributed by atoms with Gasteiger partial charge in [0.2, 0.25) is 11.8 Å². The smallest absolute Gasteiger partial charge is 0.243 e. The van der Waals surface area contributed by atoms with E-state index in [9.17, 15) is 14.4 Å². The molecule has 8 heteroatoms. The van der Waals surface area contributed by atoms with Crippen molar-refractivity contribution in [1.29, 1.82) is 0 Å². The molecule has 0 saturated carbocycles. The van der Waals surface area contributed by atoms with Crippen molar-refractivity contribution in [3.63, 3.8) is 0 Å². The van der Waals surface area contributed by atoms with Crippen molar-refractivity contribution < 1.29 is 14.4 Å². The molecule has 3 rings (SSSR count). The molecular weight excluding hydrogens is 461 g/mol. The number of likely N-dealkylation sites (N-methyl/N-ethyl adjacent to an activating group) is 1. The van der Waals surface area contributed by atoms with Crippen LogP contribution in [0, 0.1) is 0 Å². The Balaban J connectivity index is 2.02. The number of nitrogens with zero attached hydrogens (tertiary/aromatic N) is 1. The van der Waals surface area contributed by atoms with Crippen LogP contribution < -0.4 is 16.0 Å². The number of nitrogens with one attached hydrogen (secondary N) is 1. The molecule has 6 nitrogen and oxygen atoms in total. The van der Waals surface area contributed by atoms with Crippen molar-refractivity contribution in [1.82, 2.24) is 5.32 Å². The number of hydrogen-bond acceptors (Lipinski definition) is 4. The monoisotopic (exact) mass is 483 g/mol. The maximum atomic E-state index is 13.4. The van der Waals surface area contributed by atoms with Crippen LogP contribution in [-0.4, -0.2) is 37.2 Å². The SMILES string of the molecule is CN(c1ccc(Cl)cc1C(=O)c1ccccc1Cl)[C@@H](Cc1ccccc1)C(=O)NCC(N)=O. The topological polar surface area (TPSA) is 92.5 Å². The van der Waals surface area contributed by atoms with E-state index in [-0.39, 0.29) is 12.3 Å². The minimum atomic E-state index is -0.731. The zero-order valence-corrected chi connectivity index (χ0v) is 19.4. The fourth-order valence-electron chi connectivity index (χ4n) is 3.49. The predicted molar refractivity (Wildman–Crippen MR) is 131 cm³/mol. The normalized spacial score (nSPS) is 11.5. The summed E-state index contributed by atoms with van der Waals surface area (Å²) in [5.41, 5.74) is 7.25. The molecule has 0 radical (unpaired) electrons. The van der Waals surface area contributed by atoms with E-state index in [0.717, 1.165) is 5.56 Å². The summed E-state index contributed by atoms with van der Waals surface area (Å²) in [6.07, 6.45) is 0.338. The first-order valence-electron chi connectivity index (χ1n) is 10.2. The molecule has 0 aliphatic heterocycles. The molecule has 0 aliphatic carbocycles. The molecule has 3 N–H and O–H groups in total. The standard InChI is InChI=1S/C25H23Cl2N3O3/c1-30(22(25(33)29-15-23(28)31)13-16-7-3-2-4-8-16)21-12-11-17(26)14-19(21)24(32)18-9-5-6-10-20(18)27/h2-12,14,22H,13,15H2,1H3,(H2,28,31)(H,29,33)/t22-/m0/s1. The number of carbonyl (C=O) groups is 3. The molecule has 33 heavy (non-hydrogen) atoms. The number of primary amides is 1. The van der Waals surface area contributed by atoms with Crippen molar-refractivity contribution in [2.24, 2.45) is 5.73 Å². The van der Waals surface area contributed by atoms with E-state index in [1.54, 1.807) is 54.4 Å².